The average Bonchev–Trinajstić information content (AvgIpc) is 2.19. The second-order valence-corrected chi connectivity index (χ2v) is 2.98. The van der Waals surface area contributed by atoms with Gasteiger partial charge in [0.15, 0.2) is 0 Å². The van der Waals surface area contributed by atoms with Crippen LogP contribution >= 0.6 is 0 Å². The summed E-state index contributed by atoms with van der Waals surface area (Å²) >= 11 is 0. The summed E-state index contributed by atoms with van der Waals surface area (Å²) in [6.45, 7) is 3.23. The summed E-state index contributed by atoms with van der Waals surface area (Å²) in [6.07, 6.45) is 2.61. The molecule has 76 valence electrons. The van der Waals surface area contributed by atoms with Crippen LogP contribution in [0.4, 0.5) is 0 Å². The number of ether oxygens (including phenoxy) is 1. The first-order valence-electron chi connectivity index (χ1n) is 4.61. The SMILES string of the molecule is CCCOCc1cccnc1C(=N)N. The fraction of sp³-hybridized carbons (Fsp3) is 0.400. The van der Waals surface area contributed by atoms with Gasteiger partial charge in [-0.2, -0.15) is 0 Å². The van der Waals surface area contributed by atoms with E-state index < -0.39 is 0 Å². The van der Waals surface area contributed by atoms with E-state index >= 15 is 0 Å². The van der Waals surface area contributed by atoms with E-state index in [1.807, 2.05) is 12.1 Å². The number of pyridine rings is 1. The number of hydrogen-bond acceptors (Lipinski definition) is 3. The highest BCUT2D eigenvalue weighted by Crippen LogP contribution is 2.06. The van der Waals surface area contributed by atoms with Crippen molar-refractivity contribution in [2.45, 2.75) is 20.0 Å². The minimum absolute atomic E-state index is 0.0132. The zero-order valence-corrected chi connectivity index (χ0v) is 8.29. The number of nitrogen functional groups attached to an aromatic ring is 1. The summed E-state index contributed by atoms with van der Waals surface area (Å²) in [5.74, 6) is -0.0132. The Labute approximate surface area is 83.6 Å². The highest BCUT2D eigenvalue weighted by Gasteiger charge is 2.05. The second kappa shape index (κ2) is 5.34. The number of hydrogen-bond donors (Lipinski definition) is 2. The van der Waals surface area contributed by atoms with Crippen molar-refractivity contribution in [3.05, 3.63) is 29.6 Å². The van der Waals surface area contributed by atoms with Gasteiger partial charge in [-0.3, -0.25) is 10.4 Å². The standard InChI is InChI=1S/C10H15N3O/c1-2-6-14-7-8-4-3-5-13-9(8)10(11)12/h3-5H,2,6-7H2,1H3,(H3,11,12). The van der Waals surface area contributed by atoms with Gasteiger partial charge in [-0.1, -0.05) is 13.0 Å². The Hall–Kier alpha value is -1.42. The molecular formula is C10H15N3O. The molecule has 0 aliphatic carbocycles. The van der Waals surface area contributed by atoms with E-state index in [1.165, 1.54) is 0 Å². The van der Waals surface area contributed by atoms with Crippen LogP contribution in [0.1, 0.15) is 24.6 Å². The first-order valence-corrected chi connectivity index (χ1v) is 4.61. The van der Waals surface area contributed by atoms with Crippen molar-refractivity contribution in [2.24, 2.45) is 5.73 Å². The third-order valence-electron chi connectivity index (χ3n) is 1.75. The first-order chi connectivity index (χ1) is 6.75. The van der Waals surface area contributed by atoms with Gasteiger partial charge in [0.1, 0.15) is 11.5 Å². The predicted octanol–water partition coefficient (Wildman–Crippen LogP) is 1.29. The van der Waals surface area contributed by atoms with Crippen molar-refractivity contribution >= 4 is 5.84 Å². The predicted molar refractivity (Wildman–Crippen MR) is 55.2 cm³/mol. The highest BCUT2D eigenvalue weighted by molar-refractivity contribution is 5.94. The monoisotopic (exact) mass is 193 g/mol. The molecule has 0 saturated heterocycles. The number of aromatic nitrogens is 1. The lowest BCUT2D eigenvalue weighted by Gasteiger charge is -2.06. The summed E-state index contributed by atoms with van der Waals surface area (Å²) in [7, 11) is 0. The third kappa shape index (κ3) is 2.81. The van der Waals surface area contributed by atoms with E-state index in [2.05, 4.69) is 11.9 Å². The number of nitrogens with one attached hydrogen (secondary N) is 1. The van der Waals surface area contributed by atoms with Gasteiger partial charge in [0.25, 0.3) is 0 Å². The molecule has 3 N–H and O–H groups in total. The molecule has 0 saturated carbocycles. The van der Waals surface area contributed by atoms with Crippen LogP contribution in [0.25, 0.3) is 0 Å². The van der Waals surface area contributed by atoms with Gasteiger partial charge in [-0.25, -0.2) is 0 Å². The molecule has 0 atom stereocenters. The molecule has 1 heterocycles. The van der Waals surface area contributed by atoms with E-state index in [9.17, 15) is 0 Å². The minimum Gasteiger partial charge on any atom is -0.382 e. The van der Waals surface area contributed by atoms with E-state index in [0.29, 0.717) is 18.9 Å². The first kappa shape index (κ1) is 10.7. The van der Waals surface area contributed by atoms with Crippen molar-refractivity contribution in [2.75, 3.05) is 6.61 Å². The van der Waals surface area contributed by atoms with Crippen molar-refractivity contribution in [1.82, 2.24) is 4.98 Å². The molecule has 0 aliphatic heterocycles. The van der Waals surface area contributed by atoms with Crippen LogP contribution in [0, 0.1) is 5.41 Å². The molecule has 1 aromatic rings. The molecule has 1 rings (SSSR count). The molecule has 0 aromatic carbocycles. The highest BCUT2D eigenvalue weighted by atomic mass is 16.5. The van der Waals surface area contributed by atoms with Crippen molar-refractivity contribution in [1.29, 1.82) is 5.41 Å². The second-order valence-electron chi connectivity index (χ2n) is 2.98. The zero-order chi connectivity index (χ0) is 10.4. The number of rotatable bonds is 5. The molecule has 4 heteroatoms. The fourth-order valence-corrected chi connectivity index (χ4v) is 1.12. The van der Waals surface area contributed by atoms with Gasteiger partial charge < -0.3 is 10.5 Å². The molecule has 14 heavy (non-hydrogen) atoms. The van der Waals surface area contributed by atoms with Crippen molar-refractivity contribution in [3.63, 3.8) is 0 Å². The van der Waals surface area contributed by atoms with E-state index in [4.69, 9.17) is 15.9 Å². The molecule has 0 spiro atoms. The van der Waals surface area contributed by atoms with Crippen LogP contribution in [0.5, 0.6) is 0 Å². The van der Waals surface area contributed by atoms with Gasteiger partial charge >= 0.3 is 0 Å². The molecule has 0 amide bonds. The van der Waals surface area contributed by atoms with Crippen LogP contribution in [0.15, 0.2) is 18.3 Å². The van der Waals surface area contributed by atoms with Crippen molar-refractivity contribution < 1.29 is 4.74 Å². The molecule has 0 fully saturated rings. The number of nitrogens with zero attached hydrogens (tertiary/aromatic N) is 1. The summed E-state index contributed by atoms with van der Waals surface area (Å²) in [5, 5.41) is 7.32. The Morgan fingerprint density at radius 2 is 2.43 bits per heavy atom. The van der Waals surface area contributed by atoms with Gasteiger partial charge in [0.2, 0.25) is 0 Å². The summed E-state index contributed by atoms with van der Waals surface area (Å²) in [5.41, 5.74) is 6.77. The number of nitrogens with two attached hydrogens (primary N) is 1. The quantitative estimate of drug-likeness (QED) is 0.420. The van der Waals surface area contributed by atoms with E-state index in [-0.39, 0.29) is 5.84 Å². The zero-order valence-electron chi connectivity index (χ0n) is 8.29. The molecular weight excluding hydrogens is 178 g/mol. The normalized spacial score (nSPS) is 10.1. The minimum atomic E-state index is -0.0132. The van der Waals surface area contributed by atoms with Gasteiger partial charge in [0, 0.05) is 18.4 Å². The maximum atomic E-state index is 7.32. The van der Waals surface area contributed by atoms with Crippen LogP contribution in [-0.2, 0) is 11.3 Å². The molecule has 4 nitrogen and oxygen atoms in total. The fourth-order valence-electron chi connectivity index (χ4n) is 1.12. The lowest BCUT2D eigenvalue weighted by atomic mass is 10.2. The van der Waals surface area contributed by atoms with Crippen LogP contribution in [-0.4, -0.2) is 17.4 Å². The maximum Gasteiger partial charge on any atom is 0.142 e. The van der Waals surface area contributed by atoms with Crippen LogP contribution < -0.4 is 5.73 Å². The Bertz CT molecular complexity index is 312. The summed E-state index contributed by atoms with van der Waals surface area (Å²) in [4.78, 5) is 4.03. The molecule has 0 unspecified atom stereocenters. The molecule has 0 bridgehead atoms. The van der Waals surface area contributed by atoms with Crippen molar-refractivity contribution in [3.8, 4) is 0 Å². The Balaban J connectivity index is 2.69. The average molecular weight is 193 g/mol. The molecule has 1 aromatic heterocycles. The van der Waals surface area contributed by atoms with Crippen LogP contribution in [0.2, 0.25) is 0 Å². The maximum absolute atomic E-state index is 7.32. The van der Waals surface area contributed by atoms with E-state index in [1.54, 1.807) is 6.20 Å². The Morgan fingerprint density at radius 3 is 3.07 bits per heavy atom. The molecule has 0 aliphatic rings. The smallest absolute Gasteiger partial charge is 0.142 e. The number of amidine groups is 1. The van der Waals surface area contributed by atoms with E-state index in [0.717, 1.165) is 12.0 Å². The van der Waals surface area contributed by atoms with Crippen LogP contribution in [0.3, 0.4) is 0 Å². The topological polar surface area (TPSA) is 72.0 Å². The summed E-state index contributed by atoms with van der Waals surface area (Å²) in [6, 6.07) is 3.69. The Morgan fingerprint density at radius 1 is 1.64 bits per heavy atom. The van der Waals surface area contributed by atoms with Gasteiger partial charge in [0.05, 0.1) is 6.61 Å². The lowest BCUT2D eigenvalue weighted by molar-refractivity contribution is 0.121. The van der Waals surface area contributed by atoms with Gasteiger partial charge in [-0.15, -0.1) is 0 Å². The third-order valence-corrected chi connectivity index (χ3v) is 1.75. The summed E-state index contributed by atoms with van der Waals surface area (Å²) < 4.78 is 5.37. The molecule has 0 radical (unpaired) electrons. The Kier molecular flexibility index (Phi) is 4.07. The largest absolute Gasteiger partial charge is 0.382 e. The lowest BCUT2D eigenvalue weighted by Crippen LogP contribution is -2.16. The van der Waals surface area contributed by atoms with Gasteiger partial charge in [-0.05, 0) is 12.5 Å².